The number of likely N-dealkylation sites (tertiary alicyclic amines) is 1. The summed E-state index contributed by atoms with van der Waals surface area (Å²) in [6, 6.07) is 12.5. The Balaban J connectivity index is 1.30. The van der Waals surface area contributed by atoms with Gasteiger partial charge in [-0.15, -0.1) is 0 Å². The molecule has 2 saturated heterocycles. The summed E-state index contributed by atoms with van der Waals surface area (Å²) in [5.74, 6) is 1.07. The van der Waals surface area contributed by atoms with Gasteiger partial charge in [0, 0.05) is 37.7 Å². The van der Waals surface area contributed by atoms with E-state index < -0.39 is 0 Å². The second-order valence-corrected chi connectivity index (χ2v) is 8.77. The Labute approximate surface area is 173 Å². The molecule has 2 aromatic rings. The molecule has 0 aliphatic carbocycles. The standard InChI is InChI=1S/C24H32N2O3/c1-18(2)23(27)25-16-20-9-10-24(29-20)11-13-26(14-12-24)17-19-6-3-4-7-21(19)22-8-5-15-28-22/h3-8,15,18,20H,9-14,16-17H2,1-2H3,(H,25,27)/t20-/m0/s1. The van der Waals surface area contributed by atoms with Gasteiger partial charge in [0.1, 0.15) is 5.76 Å². The van der Waals surface area contributed by atoms with Crippen molar-refractivity contribution in [3.05, 3.63) is 48.2 Å². The number of carbonyl (C=O) groups excluding carboxylic acids is 1. The second-order valence-electron chi connectivity index (χ2n) is 8.77. The maximum absolute atomic E-state index is 11.8. The molecule has 5 heteroatoms. The zero-order valence-electron chi connectivity index (χ0n) is 17.5. The van der Waals surface area contributed by atoms with Crippen LogP contribution in [0.5, 0.6) is 0 Å². The van der Waals surface area contributed by atoms with Crippen LogP contribution in [0.2, 0.25) is 0 Å². The predicted octanol–water partition coefficient (Wildman–Crippen LogP) is 4.23. The van der Waals surface area contributed by atoms with Gasteiger partial charge in [0.2, 0.25) is 5.91 Å². The number of piperidine rings is 1. The lowest BCUT2D eigenvalue weighted by Crippen LogP contribution is -2.45. The Morgan fingerprint density at radius 3 is 2.69 bits per heavy atom. The fourth-order valence-corrected chi connectivity index (χ4v) is 4.52. The molecule has 1 amide bonds. The van der Waals surface area contributed by atoms with E-state index in [1.54, 1.807) is 6.26 Å². The van der Waals surface area contributed by atoms with Gasteiger partial charge in [-0.2, -0.15) is 0 Å². The molecule has 0 saturated carbocycles. The smallest absolute Gasteiger partial charge is 0.222 e. The van der Waals surface area contributed by atoms with E-state index in [0.29, 0.717) is 6.54 Å². The van der Waals surface area contributed by atoms with Crippen molar-refractivity contribution in [1.29, 1.82) is 0 Å². The maximum Gasteiger partial charge on any atom is 0.222 e. The molecular weight excluding hydrogens is 364 g/mol. The lowest BCUT2D eigenvalue weighted by Gasteiger charge is -2.39. The fraction of sp³-hybridized carbons (Fsp3) is 0.542. The number of benzene rings is 1. The van der Waals surface area contributed by atoms with Gasteiger partial charge in [0.05, 0.1) is 18.0 Å². The quantitative estimate of drug-likeness (QED) is 0.794. The van der Waals surface area contributed by atoms with Crippen molar-refractivity contribution >= 4 is 5.91 Å². The molecule has 2 fully saturated rings. The molecule has 0 radical (unpaired) electrons. The SMILES string of the molecule is CC(C)C(=O)NC[C@@H]1CCC2(CCN(Cc3ccccc3-c3ccco3)CC2)O1. The van der Waals surface area contributed by atoms with Crippen LogP contribution in [0.1, 0.15) is 45.1 Å². The van der Waals surface area contributed by atoms with Crippen LogP contribution in [0.15, 0.2) is 47.1 Å². The Hall–Kier alpha value is -2.11. The van der Waals surface area contributed by atoms with E-state index in [4.69, 9.17) is 9.15 Å². The van der Waals surface area contributed by atoms with Crippen molar-refractivity contribution in [2.24, 2.45) is 5.92 Å². The van der Waals surface area contributed by atoms with Gasteiger partial charge in [0.25, 0.3) is 0 Å². The number of nitrogens with zero attached hydrogens (tertiary/aromatic N) is 1. The summed E-state index contributed by atoms with van der Waals surface area (Å²) < 4.78 is 12.1. The molecule has 1 N–H and O–H groups in total. The van der Waals surface area contributed by atoms with Crippen LogP contribution in [-0.4, -0.2) is 42.1 Å². The molecule has 29 heavy (non-hydrogen) atoms. The van der Waals surface area contributed by atoms with Gasteiger partial charge in [-0.1, -0.05) is 38.1 Å². The zero-order chi connectivity index (χ0) is 20.3. The number of amides is 1. The topological polar surface area (TPSA) is 54.7 Å². The van der Waals surface area contributed by atoms with Crippen LogP contribution in [0.4, 0.5) is 0 Å². The molecule has 1 spiro atoms. The monoisotopic (exact) mass is 396 g/mol. The minimum Gasteiger partial charge on any atom is -0.464 e. The summed E-state index contributed by atoms with van der Waals surface area (Å²) in [6.07, 6.45) is 6.15. The van der Waals surface area contributed by atoms with Crippen LogP contribution in [-0.2, 0) is 16.1 Å². The number of ether oxygens (including phenoxy) is 1. The second kappa shape index (κ2) is 8.72. The number of nitrogens with one attached hydrogen (secondary N) is 1. The number of rotatable bonds is 6. The Morgan fingerprint density at radius 1 is 1.17 bits per heavy atom. The average Bonchev–Trinajstić information content (AvgIpc) is 3.39. The van der Waals surface area contributed by atoms with E-state index in [0.717, 1.165) is 51.1 Å². The first kappa shape index (κ1) is 20.2. The van der Waals surface area contributed by atoms with E-state index in [9.17, 15) is 4.79 Å². The Morgan fingerprint density at radius 2 is 1.97 bits per heavy atom. The summed E-state index contributed by atoms with van der Waals surface area (Å²) in [5.41, 5.74) is 2.49. The summed E-state index contributed by atoms with van der Waals surface area (Å²) in [4.78, 5) is 14.3. The van der Waals surface area contributed by atoms with Gasteiger partial charge < -0.3 is 14.5 Å². The van der Waals surface area contributed by atoms with E-state index in [-0.39, 0.29) is 23.5 Å². The largest absolute Gasteiger partial charge is 0.464 e. The normalized spacial score (nSPS) is 21.7. The summed E-state index contributed by atoms with van der Waals surface area (Å²) in [5, 5.41) is 3.02. The van der Waals surface area contributed by atoms with E-state index >= 15 is 0 Å². The fourth-order valence-electron chi connectivity index (χ4n) is 4.52. The minimum atomic E-state index is 0.00422. The number of furan rings is 1. The molecule has 0 unspecified atom stereocenters. The van der Waals surface area contributed by atoms with Gasteiger partial charge in [-0.25, -0.2) is 0 Å². The van der Waals surface area contributed by atoms with Crippen molar-refractivity contribution in [2.45, 2.75) is 57.8 Å². The first-order valence-corrected chi connectivity index (χ1v) is 10.8. The summed E-state index contributed by atoms with van der Waals surface area (Å²) >= 11 is 0. The molecule has 3 heterocycles. The van der Waals surface area contributed by atoms with Crippen LogP contribution in [0.3, 0.4) is 0 Å². The lowest BCUT2D eigenvalue weighted by molar-refractivity contribution is -0.125. The van der Waals surface area contributed by atoms with Gasteiger partial charge >= 0.3 is 0 Å². The van der Waals surface area contributed by atoms with Gasteiger partial charge in [0.15, 0.2) is 0 Å². The van der Waals surface area contributed by atoms with Crippen LogP contribution >= 0.6 is 0 Å². The molecule has 1 atom stereocenters. The van der Waals surface area contributed by atoms with Crippen molar-refractivity contribution in [3.8, 4) is 11.3 Å². The molecule has 156 valence electrons. The molecule has 5 nitrogen and oxygen atoms in total. The first-order valence-electron chi connectivity index (χ1n) is 10.8. The molecule has 1 aromatic carbocycles. The highest BCUT2D eigenvalue weighted by atomic mass is 16.5. The van der Waals surface area contributed by atoms with Gasteiger partial charge in [-0.3, -0.25) is 9.69 Å². The van der Waals surface area contributed by atoms with E-state index in [1.165, 1.54) is 11.1 Å². The maximum atomic E-state index is 11.8. The number of carbonyl (C=O) groups is 1. The highest BCUT2D eigenvalue weighted by Gasteiger charge is 2.42. The van der Waals surface area contributed by atoms with Crippen molar-refractivity contribution in [1.82, 2.24) is 10.2 Å². The predicted molar refractivity (Wildman–Crippen MR) is 113 cm³/mol. The first-order chi connectivity index (χ1) is 14.0. The molecular formula is C24H32N2O3. The zero-order valence-corrected chi connectivity index (χ0v) is 17.5. The highest BCUT2D eigenvalue weighted by molar-refractivity contribution is 5.77. The summed E-state index contributed by atoms with van der Waals surface area (Å²) in [7, 11) is 0. The molecule has 2 aliphatic rings. The van der Waals surface area contributed by atoms with Crippen LogP contribution < -0.4 is 5.32 Å². The van der Waals surface area contributed by atoms with E-state index in [1.807, 2.05) is 26.0 Å². The van der Waals surface area contributed by atoms with Crippen molar-refractivity contribution in [2.75, 3.05) is 19.6 Å². The molecule has 0 bridgehead atoms. The summed E-state index contributed by atoms with van der Waals surface area (Å²) in [6.45, 7) is 7.49. The molecule has 4 rings (SSSR count). The number of hydrogen-bond acceptors (Lipinski definition) is 4. The van der Waals surface area contributed by atoms with E-state index in [2.05, 4.69) is 34.5 Å². The lowest BCUT2D eigenvalue weighted by atomic mass is 9.88. The van der Waals surface area contributed by atoms with Crippen LogP contribution in [0.25, 0.3) is 11.3 Å². The van der Waals surface area contributed by atoms with Crippen molar-refractivity contribution < 1.29 is 13.9 Å². The molecule has 1 aromatic heterocycles. The average molecular weight is 397 g/mol. The van der Waals surface area contributed by atoms with Crippen LogP contribution in [0, 0.1) is 5.92 Å². The highest BCUT2D eigenvalue weighted by Crippen LogP contribution is 2.39. The number of hydrogen-bond donors (Lipinski definition) is 1. The Kier molecular flexibility index (Phi) is 6.07. The third kappa shape index (κ3) is 4.73. The molecule has 2 aliphatic heterocycles. The third-order valence-electron chi connectivity index (χ3n) is 6.33. The Bertz CT molecular complexity index is 807. The van der Waals surface area contributed by atoms with Gasteiger partial charge in [-0.05, 0) is 43.4 Å². The van der Waals surface area contributed by atoms with Crippen molar-refractivity contribution in [3.63, 3.8) is 0 Å². The third-order valence-corrected chi connectivity index (χ3v) is 6.33. The minimum absolute atomic E-state index is 0.00422.